The van der Waals surface area contributed by atoms with E-state index in [0.29, 0.717) is 5.70 Å². The van der Waals surface area contributed by atoms with E-state index in [-0.39, 0.29) is 18.2 Å². The van der Waals surface area contributed by atoms with Gasteiger partial charge in [-0.3, -0.25) is 0 Å². The molecule has 0 saturated heterocycles. The van der Waals surface area contributed by atoms with E-state index >= 15 is 0 Å². The van der Waals surface area contributed by atoms with E-state index in [0.717, 1.165) is 0 Å². The van der Waals surface area contributed by atoms with E-state index in [2.05, 4.69) is 55.6 Å². The molecule has 0 unspecified atom stereocenters. The molecule has 0 aromatic carbocycles. The van der Waals surface area contributed by atoms with Gasteiger partial charge in [-0.1, -0.05) is 27.0 Å². The lowest BCUT2D eigenvalue weighted by molar-refractivity contribution is -0.0979. The number of allylic oxidation sites excluding steroid dienone is 1. The molecule has 136 valence electrons. The lowest BCUT2D eigenvalue weighted by atomic mass is 10.6. The predicted molar refractivity (Wildman–Crippen MR) is 104 cm³/mol. The summed E-state index contributed by atoms with van der Waals surface area (Å²) in [6.07, 6.45) is 1.17. The van der Waals surface area contributed by atoms with E-state index in [1.165, 1.54) is 6.20 Å². The summed E-state index contributed by atoms with van der Waals surface area (Å²) in [5.41, 5.74) is 0.590. The second-order valence-electron chi connectivity index (χ2n) is 2.14. The molecule has 0 atom stereocenters. The molecule has 0 aliphatic heterocycles. The van der Waals surface area contributed by atoms with Gasteiger partial charge in [-0.2, -0.15) is 0 Å². The summed E-state index contributed by atoms with van der Waals surface area (Å²) in [6.45, 7) is 33.8. The van der Waals surface area contributed by atoms with Crippen molar-refractivity contribution in [1.29, 1.82) is 0 Å². The van der Waals surface area contributed by atoms with Crippen LogP contribution in [0.5, 0.6) is 0 Å². The van der Waals surface area contributed by atoms with Gasteiger partial charge in [0, 0.05) is 21.4 Å². The molecule has 0 aromatic heterocycles. The van der Waals surface area contributed by atoms with Crippen molar-refractivity contribution in [3.05, 3.63) is 71.6 Å². The van der Waals surface area contributed by atoms with E-state index in [1.54, 1.807) is 0 Å². The average molecular weight is 417 g/mol. The van der Waals surface area contributed by atoms with Gasteiger partial charge < -0.3 is 9.90 Å². The van der Waals surface area contributed by atoms with Crippen molar-refractivity contribution in [1.82, 2.24) is 0 Å². The molecule has 0 radical (unpaired) electrons. The number of carbonyl (C=O) groups is 1. The third-order valence-electron chi connectivity index (χ3n) is 0.744. The van der Waals surface area contributed by atoms with Crippen molar-refractivity contribution >= 4 is 49.0 Å². The molecule has 0 fully saturated rings. The van der Waals surface area contributed by atoms with Gasteiger partial charge in [0.2, 0.25) is 9.23 Å². The van der Waals surface area contributed by atoms with Crippen LogP contribution in [-0.2, 0) is 14.0 Å². The first-order valence-electron chi connectivity index (χ1n) is 5.55. The number of alkyl halides is 1. The largest absolute Gasteiger partial charge is 0.403 e. The SMILES string of the molecule is C=O.CC.O=S(Cl)Cl.[C-]#[N+]C(=C)CCl.[C-]#[N+]C(=C)CO.[C-]#[N+]C=C. The number of rotatable bonds is 2. The molecule has 0 amide bonds. The molecular formula is C14H20Cl3N3O3S. The van der Waals surface area contributed by atoms with Gasteiger partial charge in [0.1, 0.15) is 13.0 Å². The highest BCUT2D eigenvalue weighted by Gasteiger charge is 1.80. The van der Waals surface area contributed by atoms with Crippen molar-refractivity contribution < 1.29 is 14.1 Å². The minimum absolute atomic E-state index is 0.190. The van der Waals surface area contributed by atoms with Gasteiger partial charge in [-0.15, -0.1) is 18.2 Å². The number of halogens is 3. The minimum Gasteiger partial charge on any atom is -0.403 e. The number of aliphatic hydroxyl groups excluding tert-OH is 1. The standard InChI is InChI=1S/C4H4ClN.C4H5NO.C3H3N.C2H6.CH2O.Cl2OS/c1-4(3-5)6-2;1-4(3-6)5-2;1-3-4-2;2*1-2;1-4(2)3/h1,3H2;6H,1,3H2;3H,1H2;1-2H3;1H2;. The molecule has 0 aliphatic carbocycles. The number of carbonyl (C=O) groups excluding carboxylic acids is 1. The molecule has 0 aromatic rings. The van der Waals surface area contributed by atoms with Crippen LogP contribution < -0.4 is 0 Å². The second-order valence-corrected chi connectivity index (χ2v) is 4.94. The van der Waals surface area contributed by atoms with Crippen molar-refractivity contribution in [3.63, 3.8) is 0 Å². The first-order chi connectivity index (χ1) is 11.3. The zero-order chi connectivity index (χ0) is 21.0. The number of hydrogen-bond acceptors (Lipinski definition) is 3. The number of hydrogen-bond donors (Lipinski definition) is 1. The molecule has 0 aliphatic rings. The summed E-state index contributed by atoms with van der Waals surface area (Å²) in [4.78, 5) is 16.5. The Bertz CT molecular complexity index is 423. The maximum atomic E-state index is 9.09. The van der Waals surface area contributed by atoms with Crippen LogP contribution in [0.1, 0.15) is 13.8 Å². The second kappa shape index (κ2) is 49.6. The minimum atomic E-state index is -1.67. The van der Waals surface area contributed by atoms with Gasteiger partial charge >= 0.3 is 0 Å². The Balaban J connectivity index is -0.0000000426. The molecule has 10 heteroatoms. The quantitative estimate of drug-likeness (QED) is 0.391. The van der Waals surface area contributed by atoms with E-state index in [4.69, 9.17) is 45.4 Å². The third kappa shape index (κ3) is 141. The lowest BCUT2D eigenvalue weighted by Crippen LogP contribution is -1.77. The van der Waals surface area contributed by atoms with Crippen LogP contribution in [0.15, 0.2) is 37.3 Å². The molecule has 6 nitrogen and oxygen atoms in total. The zero-order valence-corrected chi connectivity index (χ0v) is 16.6. The Morgan fingerprint density at radius 2 is 1.38 bits per heavy atom. The van der Waals surface area contributed by atoms with Gasteiger partial charge in [-0.05, 0) is 0 Å². The van der Waals surface area contributed by atoms with Crippen LogP contribution in [0.3, 0.4) is 0 Å². The highest BCUT2D eigenvalue weighted by atomic mass is 36.0. The monoisotopic (exact) mass is 415 g/mol. The molecule has 1 N–H and O–H groups in total. The van der Waals surface area contributed by atoms with Crippen LogP contribution in [0.25, 0.3) is 14.5 Å². The Labute approximate surface area is 160 Å². The molecular weight excluding hydrogens is 397 g/mol. The fraction of sp³-hybridized carbons (Fsp3) is 0.286. The molecule has 0 heterocycles. The average Bonchev–Trinajstić information content (AvgIpc) is 2.63. The van der Waals surface area contributed by atoms with Gasteiger partial charge in [0.15, 0.2) is 11.4 Å². The first-order valence-corrected chi connectivity index (χ1v) is 8.88. The van der Waals surface area contributed by atoms with Gasteiger partial charge in [-0.25, -0.2) is 18.7 Å². The van der Waals surface area contributed by atoms with Crippen LogP contribution in [0.4, 0.5) is 0 Å². The highest BCUT2D eigenvalue weighted by Crippen LogP contribution is 1.91. The lowest BCUT2D eigenvalue weighted by Gasteiger charge is -1.76. The summed E-state index contributed by atoms with van der Waals surface area (Å²) in [5.74, 6) is 0.253. The molecule has 0 saturated carbocycles. The van der Waals surface area contributed by atoms with Crippen molar-refractivity contribution in [2.24, 2.45) is 0 Å². The van der Waals surface area contributed by atoms with Crippen LogP contribution in [0, 0.1) is 19.7 Å². The van der Waals surface area contributed by atoms with Gasteiger partial charge in [0.25, 0.3) is 0 Å². The summed E-state index contributed by atoms with van der Waals surface area (Å²) in [7, 11) is 7.36. The Morgan fingerprint density at radius 1 is 1.12 bits per heavy atom. The Hall–Kier alpha value is -1.66. The van der Waals surface area contributed by atoms with Crippen LogP contribution >= 0.6 is 33.0 Å². The highest BCUT2D eigenvalue weighted by molar-refractivity contribution is 8.26. The maximum Gasteiger partial charge on any atom is 0.211 e. The fourth-order valence-electron chi connectivity index (χ4n) is 0.0652. The Kier molecular flexibility index (Phi) is 78.8. The molecule has 0 spiro atoms. The topological polar surface area (TPSA) is 67.5 Å². The van der Waals surface area contributed by atoms with Crippen molar-refractivity contribution in [2.45, 2.75) is 13.8 Å². The first kappa shape index (κ1) is 38.1. The molecule has 0 rings (SSSR count). The smallest absolute Gasteiger partial charge is 0.211 e. The van der Waals surface area contributed by atoms with Crippen LogP contribution in [-0.4, -0.2) is 28.6 Å². The summed E-state index contributed by atoms with van der Waals surface area (Å²) in [5, 5.41) is 8.02. The predicted octanol–water partition coefficient (Wildman–Crippen LogP) is 5.00. The van der Waals surface area contributed by atoms with Crippen LogP contribution in [0.2, 0.25) is 0 Å². The van der Waals surface area contributed by atoms with E-state index < -0.39 is 9.23 Å². The Morgan fingerprint density at radius 3 is 1.38 bits per heavy atom. The van der Waals surface area contributed by atoms with Crippen molar-refractivity contribution in [3.8, 4) is 0 Å². The van der Waals surface area contributed by atoms with Gasteiger partial charge in [0.05, 0.1) is 32.2 Å². The number of aliphatic hydroxyl groups is 1. The number of nitrogens with zero attached hydrogens (tertiary/aromatic N) is 3. The molecule has 0 bridgehead atoms. The normalized spacial score (nSPS) is 5.83. The van der Waals surface area contributed by atoms with E-state index in [9.17, 15) is 0 Å². The van der Waals surface area contributed by atoms with E-state index in [1.807, 2.05) is 20.6 Å². The summed E-state index contributed by atoms with van der Waals surface area (Å²) < 4.78 is 9.09. The zero-order valence-electron chi connectivity index (χ0n) is 13.5. The maximum absolute atomic E-state index is 9.09. The summed E-state index contributed by atoms with van der Waals surface area (Å²) in [6, 6.07) is 0. The van der Waals surface area contributed by atoms with Crippen molar-refractivity contribution in [2.75, 3.05) is 12.5 Å². The fourth-order valence-corrected chi connectivity index (χ4v) is 0.125. The third-order valence-corrected chi connectivity index (χ3v) is 1.05. The summed E-state index contributed by atoms with van der Waals surface area (Å²) >= 11 is 5.14. The molecule has 24 heavy (non-hydrogen) atoms.